The van der Waals surface area contributed by atoms with Gasteiger partial charge in [-0.15, -0.1) is 22.7 Å². The summed E-state index contributed by atoms with van der Waals surface area (Å²) in [5.41, 5.74) is 2.45. The van der Waals surface area contributed by atoms with E-state index >= 15 is 0 Å². The highest BCUT2D eigenvalue weighted by molar-refractivity contribution is 7.71. The summed E-state index contributed by atoms with van der Waals surface area (Å²) in [6.45, 7) is 4.15. The lowest BCUT2D eigenvalue weighted by atomic mass is 10.2. The Kier molecular flexibility index (Phi) is 4.19. The van der Waals surface area contributed by atoms with Crippen molar-refractivity contribution >= 4 is 45.9 Å². The van der Waals surface area contributed by atoms with Gasteiger partial charge in [0.1, 0.15) is 4.64 Å². The van der Waals surface area contributed by atoms with Crippen LogP contribution in [0.1, 0.15) is 20.1 Å². The highest BCUT2D eigenvalue weighted by Crippen LogP contribution is 2.32. The van der Waals surface area contributed by atoms with Crippen molar-refractivity contribution in [1.29, 1.82) is 0 Å². The molecule has 0 spiro atoms. The lowest BCUT2D eigenvalue weighted by Crippen LogP contribution is -2.12. The van der Waals surface area contributed by atoms with Crippen LogP contribution in [0.4, 0.5) is 5.13 Å². The second-order valence-corrected chi connectivity index (χ2v) is 7.46. The summed E-state index contributed by atoms with van der Waals surface area (Å²) in [4.78, 5) is 22.0. The second-order valence-electron chi connectivity index (χ2n) is 4.73. The van der Waals surface area contributed by atoms with Crippen LogP contribution in [0.2, 0.25) is 0 Å². The summed E-state index contributed by atoms with van der Waals surface area (Å²) in [6.07, 6.45) is 1.70. The minimum atomic E-state index is -0.249. The van der Waals surface area contributed by atoms with Crippen molar-refractivity contribution in [3.05, 3.63) is 49.7 Å². The Morgan fingerprint density at radius 1 is 1.41 bits per heavy atom. The fourth-order valence-corrected chi connectivity index (χ4v) is 3.97. The Balaban J connectivity index is 1.83. The van der Waals surface area contributed by atoms with Crippen LogP contribution in [0, 0.1) is 18.5 Å². The van der Waals surface area contributed by atoms with E-state index in [0.717, 1.165) is 11.3 Å². The molecule has 0 unspecified atom stereocenters. The van der Waals surface area contributed by atoms with Gasteiger partial charge in [-0.1, -0.05) is 12.2 Å². The molecule has 3 rings (SSSR count). The van der Waals surface area contributed by atoms with Gasteiger partial charge in [0.25, 0.3) is 5.91 Å². The number of hydrogen-bond donors (Lipinski definition) is 2. The van der Waals surface area contributed by atoms with Crippen LogP contribution in [0.3, 0.4) is 0 Å². The van der Waals surface area contributed by atoms with Gasteiger partial charge < -0.3 is 4.98 Å². The van der Waals surface area contributed by atoms with Gasteiger partial charge in [-0.3, -0.25) is 10.1 Å². The molecule has 0 fully saturated rings. The lowest BCUT2D eigenvalue weighted by Gasteiger charge is -2.01. The van der Waals surface area contributed by atoms with E-state index in [0.29, 0.717) is 15.3 Å². The van der Waals surface area contributed by atoms with E-state index in [-0.39, 0.29) is 5.91 Å². The average molecular weight is 347 g/mol. The molecular weight excluding hydrogens is 334 g/mol. The molecule has 4 nitrogen and oxygen atoms in total. The molecule has 1 amide bonds. The van der Waals surface area contributed by atoms with Crippen LogP contribution in [-0.4, -0.2) is 15.9 Å². The van der Waals surface area contributed by atoms with Gasteiger partial charge in [0.2, 0.25) is 0 Å². The van der Waals surface area contributed by atoms with Crippen LogP contribution >= 0.6 is 34.9 Å². The van der Waals surface area contributed by atoms with Crippen molar-refractivity contribution in [2.45, 2.75) is 13.8 Å². The number of hydrogen-bond acceptors (Lipinski definition) is 5. The minimum Gasteiger partial charge on any atom is -0.352 e. The molecule has 0 bridgehead atoms. The molecule has 0 saturated heterocycles. The topological polar surface area (TPSA) is 57.8 Å². The molecule has 7 heteroatoms. The summed E-state index contributed by atoms with van der Waals surface area (Å²) in [6, 6.07) is 5.55. The van der Waals surface area contributed by atoms with E-state index in [2.05, 4.69) is 35.2 Å². The number of aryl methyl sites for hydroxylation is 2. The number of aromatic amines is 1. The quantitative estimate of drug-likeness (QED) is 0.669. The summed E-state index contributed by atoms with van der Waals surface area (Å²) in [7, 11) is 0. The molecule has 22 heavy (non-hydrogen) atoms. The zero-order chi connectivity index (χ0) is 15.7. The van der Waals surface area contributed by atoms with Crippen LogP contribution in [0.15, 0.2) is 29.8 Å². The second kappa shape index (κ2) is 6.12. The predicted molar refractivity (Wildman–Crippen MR) is 94.5 cm³/mol. The molecule has 112 valence electrons. The number of rotatable bonds is 3. The first kappa shape index (κ1) is 15.1. The van der Waals surface area contributed by atoms with Gasteiger partial charge in [-0.2, -0.15) is 0 Å². The first-order valence-electron chi connectivity index (χ1n) is 6.56. The van der Waals surface area contributed by atoms with E-state index in [4.69, 9.17) is 12.2 Å². The van der Waals surface area contributed by atoms with Crippen molar-refractivity contribution in [1.82, 2.24) is 9.97 Å². The Labute approximate surface area is 140 Å². The van der Waals surface area contributed by atoms with Gasteiger partial charge >= 0.3 is 0 Å². The van der Waals surface area contributed by atoms with E-state index in [1.807, 2.05) is 5.38 Å². The lowest BCUT2D eigenvalue weighted by molar-refractivity contribution is 0.102. The maximum absolute atomic E-state index is 12.2. The monoisotopic (exact) mass is 347 g/mol. The SMILES string of the molecule is Cc1cc(-c2csc(NC(=O)c3ccc[nH]c3=S)n2)c(C)s1. The number of thiazole rings is 1. The van der Waals surface area contributed by atoms with Crippen molar-refractivity contribution in [3.8, 4) is 11.3 Å². The Bertz CT molecular complexity index is 891. The largest absolute Gasteiger partial charge is 0.352 e. The molecule has 0 aliphatic carbocycles. The molecule has 3 aromatic heterocycles. The number of nitrogens with one attached hydrogen (secondary N) is 2. The van der Waals surface area contributed by atoms with E-state index in [1.165, 1.54) is 21.1 Å². The maximum Gasteiger partial charge on any atom is 0.260 e. The van der Waals surface area contributed by atoms with Crippen LogP contribution < -0.4 is 5.32 Å². The highest BCUT2D eigenvalue weighted by atomic mass is 32.1. The van der Waals surface area contributed by atoms with E-state index in [9.17, 15) is 4.79 Å². The van der Waals surface area contributed by atoms with Gasteiger partial charge in [-0.25, -0.2) is 4.98 Å². The number of thiophene rings is 1. The standard InChI is InChI=1S/C15H13N3OS3/c1-8-6-11(9(2)22-8)12-7-21-15(17-12)18-13(19)10-4-3-5-16-14(10)20/h3-7H,1-2H3,(H,16,20)(H,17,18,19). The van der Waals surface area contributed by atoms with Crippen LogP contribution in [0.25, 0.3) is 11.3 Å². The van der Waals surface area contributed by atoms with E-state index in [1.54, 1.807) is 29.7 Å². The normalized spacial score (nSPS) is 10.6. The average Bonchev–Trinajstić information content (AvgIpc) is 3.05. The molecule has 0 aliphatic heterocycles. The third-order valence-corrected chi connectivity index (χ3v) is 5.17. The molecule has 0 atom stereocenters. The summed E-state index contributed by atoms with van der Waals surface area (Å²) in [5, 5.41) is 5.33. The molecule has 3 aromatic rings. The number of amides is 1. The van der Waals surface area contributed by atoms with Gasteiger partial charge in [0.15, 0.2) is 5.13 Å². The predicted octanol–water partition coefficient (Wildman–Crippen LogP) is 4.80. The van der Waals surface area contributed by atoms with Crippen LogP contribution in [-0.2, 0) is 0 Å². The van der Waals surface area contributed by atoms with Crippen LogP contribution in [0.5, 0.6) is 0 Å². The third kappa shape index (κ3) is 3.01. The molecule has 0 aliphatic rings. The summed E-state index contributed by atoms with van der Waals surface area (Å²) >= 11 is 8.27. The number of H-pyrrole nitrogens is 1. The Hall–Kier alpha value is -1.83. The first-order valence-corrected chi connectivity index (χ1v) is 8.67. The van der Waals surface area contributed by atoms with Crippen molar-refractivity contribution in [2.75, 3.05) is 5.32 Å². The zero-order valence-corrected chi connectivity index (χ0v) is 14.4. The van der Waals surface area contributed by atoms with Crippen molar-refractivity contribution < 1.29 is 4.79 Å². The molecule has 2 N–H and O–H groups in total. The smallest absolute Gasteiger partial charge is 0.260 e. The first-order chi connectivity index (χ1) is 10.5. The van der Waals surface area contributed by atoms with Crippen molar-refractivity contribution in [2.24, 2.45) is 0 Å². The van der Waals surface area contributed by atoms with Gasteiger partial charge in [-0.05, 0) is 32.0 Å². The summed E-state index contributed by atoms with van der Waals surface area (Å²) in [5.74, 6) is -0.249. The van der Waals surface area contributed by atoms with Gasteiger partial charge in [0.05, 0.1) is 11.3 Å². The fourth-order valence-electron chi connectivity index (χ4n) is 2.10. The maximum atomic E-state index is 12.2. The number of nitrogens with zero attached hydrogens (tertiary/aromatic N) is 1. The number of carbonyl (C=O) groups excluding carboxylic acids is 1. The molecule has 0 aromatic carbocycles. The van der Waals surface area contributed by atoms with Crippen molar-refractivity contribution in [3.63, 3.8) is 0 Å². The molecule has 0 radical (unpaired) electrons. The van der Waals surface area contributed by atoms with E-state index < -0.39 is 0 Å². The molecular formula is C15H13N3OS3. The van der Waals surface area contributed by atoms with Gasteiger partial charge in [0, 0.05) is 26.9 Å². The number of carbonyl (C=O) groups is 1. The zero-order valence-electron chi connectivity index (χ0n) is 12.0. The highest BCUT2D eigenvalue weighted by Gasteiger charge is 2.13. The molecule has 3 heterocycles. The number of aromatic nitrogens is 2. The minimum absolute atomic E-state index is 0.249. The fraction of sp³-hybridized carbons (Fsp3) is 0.133. The Morgan fingerprint density at radius 3 is 2.91 bits per heavy atom. The number of anilines is 1. The Morgan fingerprint density at radius 2 is 2.23 bits per heavy atom. The molecule has 0 saturated carbocycles. The third-order valence-electron chi connectivity index (χ3n) is 3.10. The summed E-state index contributed by atoms with van der Waals surface area (Å²) < 4.78 is 0.418. The number of pyridine rings is 1.